The van der Waals surface area contributed by atoms with Gasteiger partial charge in [0.2, 0.25) is 18.5 Å². The van der Waals surface area contributed by atoms with E-state index in [1.54, 1.807) is 0 Å². The first-order valence-electron chi connectivity index (χ1n) is 5.63. The van der Waals surface area contributed by atoms with Gasteiger partial charge in [-0.15, -0.1) is 0 Å². The van der Waals surface area contributed by atoms with E-state index in [-0.39, 0.29) is 0 Å². The summed E-state index contributed by atoms with van der Waals surface area (Å²) in [4.78, 5) is 11.4. The van der Waals surface area contributed by atoms with E-state index >= 15 is 0 Å². The highest BCUT2D eigenvalue weighted by atomic mass is 19.3. The smallest absolute Gasteiger partial charge is 0.320 e. The number of hydrogen-bond acceptors (Lipinski definition) is 6. The normalized spacial score (nSPS) is 40.0. The average Bonchev–Trinajstić information content (AvgIpc) is 2.60. The van der Waals surface area contributed by atoms with Gasteiger partial charge in [-0.05, 0) is 0 Å². The minimum Gasteiger partial charge on any atom is -0.393 e. The molecule has 4 atom stereocenters. The molecule has 1 saturated heterocycles. The molecule has 2 rings (SSSR count). The van der Waals surface area contributed by atoms with E-state index in [0.29, 0.717) is 4.90 Å². The summed E-state index contributed by atoms with van der Waals surface area (Å²) in [6.45, 7) is -2.71. The van der Waals surface area contributed by atoms with Crippen LogP contribution in [-0.4, -0.2) is 69.6 Å². The number of nitrogens with one attached hydrogen (secondary N) is 1. The van der Waals surface area contributed by atoms with Crippen molar-refractivity contribution >= 4 is 5.91 Å². The minimum absolute atomic E-state index is 0.512. The fourth-order valence-corrected chi connectivity index (χ4v) is 2.07. The molecule has 0 aromatic carbocycles. The lowest BCUT2D eigenvalue weighted by atomic mass is 9.97. The molecular formula is C10H13F3N2O5. The van der Waals surface area contributed by atoms with E-state index in [2.05, 4.69) is 0 Å². The quantitative estimate of drug-likeness (QED) is 0.493. The predicted molar refractivity (Wildman–Crippen MR) is 56.7 cm³/mol. The summed E-state index contributed by atoms with van der Waals surface area (Å²) < 4.78 is 45.6. The Morgan fingerprint density at radius 1 is 1.45 bits per heavy atom. The highest BCUT2D eigenvalue weighted by molar-refractivity contribution is 5.88. The number of nitrogens with zero attached hydrogens (tertiary/aromatic N) is 1. The molecule has 0 aromatic rings. The number of carbonyl (C=O) groups is 1. The molecule has 0 radical (unpaired) electrons. The Balaban J connectivity index is 2.33. The highest BCUT2D eigenvalue weighted by Gasteiger charge is 2.68. The molecule has 1 unspecified atom stereocenters. The number of alkyl halides is 3. The van der Waals surface area contributed by atoms with Gasteiger partial charge in [0.05, 0.1) is 6.61 Å². The molecule has 114 valence electrons. The summed E-state index contributed by atoms with van der Waals surface area (Å²) in [7, 11) is 0. The fraction of sp³-hybridized carbons (Fsp3) is 0.700. The van der Waals surface area contributed by atoms with Gasteiger partial charge in [0, 0.05) is 12.3 Å². The van der Waals surface area contributed by atoms with Crippen LogP contribution in [0.5, 0.6) is 0 Å². The number of rotatable bonds is 3. The number of aliphatic hydroxyl groups is 3. The number of aliphatic hydroxyl groups excluding tert-OH is 3. The molecule has 0 aromatic heterocycles. The first-order chi connectivity index (χ1) is 9.28. The molecule has 0 saturated carbocycles. The van der Waals surface area contributed by atoms with Crippen molar-refractivity contribution in [2.75, 3.05) is 13.3 Å². The van der Waals surface area contributed by atoms with Crippen molar-refractivity contribution in [3.05, 3.63) is 12.3 Å². The van der Waals surface area contributed by atoms with Gasteiger partial charge in [-0.3, -0.25) is 4.79 Å². The van der Waals surface area contributed by atoms with Crippen LogP contribution in [0.25, 0.3) is 0 Å². The van der Waals surface area contributed by atoms with Crippen LogP contribution >= 0.6 is 0 Å². The number of amides is 1. The molecule has 0 bridgehead atoms. The maximum absolute atomic E-state index is 14.0. The largest absolute Gasteiger partial charge is 0.393 e. The van der Waals surface area contributed by atoms with Crippen molar-refractivity contribution in [1.82, 2.24) is 10.2 Å². The van der Waals surface area contributed by atoms with Gasteiger partial charge in [0.25, 0.3) is 0 Å². The molecule has 20 heavy (non-hydrogen) atoms. The molecule has 10 heteroatoms. The molecule has 0 spiro atoms. The third kappa shape index (κ3) is 2.04. The van der Waals surface area contributed by atoms with Crippen molar-refractivity contribution in [2.45, 2.75) is 30.2 Å². The van der Waals surface area contributed by atoms with E-state index in [9.17, 15) is 28.2 Å². The number of ether oxygens (including phenoxy) is 1. The molecule has 0 aliphatic carbocycles. The second kappa shape index (κ2) is 4.88. The van der Waals surface area contributed by atoms with E-state index in [1.807, 2.05) is 5.32 Å². The third-order valence-corrected chi connectivity index (χ3v) is 3.25. The molecule has 1 fully saturated rings. The Labute approximate surface area is 111 Å². The Kier molecular flexibility index (Phi) is 3.67. The van der Waals surface area contributed by atoms with E-state index < -0.39 is 49.4 Å². The lowest BCUT2D eigenvalue weighted by Crippen LogP contribution is -2.57. The molecule has 1 amide bonds. The van der Waals surface area contributed by atoms with Crippen molar-refractivity contribution in [2.24, 2.45) is 0 Å². The highest BCUT2D eigenvalue weighted by Crippen LogP contribution is 2.44. The van der Waals surface area contributed by atoms with Crippen LogP contribution in [0.2, 0.25) is 0 Å². The first-order valence-corrected chi connectivity index (χ1v) is 5.63. The van der Waals surface area contributed by atoms with Crippen molar-refractivity contribution in [3.8, 4) is 0 Å². The Hall–Kier alpha value is -1.36. The summed E-state index contributed by atoms with van der Waals surface area (Å²) in [5, 5.41) is 30.0. The number of carbonyl (C=O) groups excluding carboxylic acids is 1. The van der Waals surface area contributed by atoms with Gasteiger partial charge >= 0.3 is 5.92 Å². The lowest BCUT2D eigenvalue weighted by molar-refractivity contribution is -0.203. The van der Waals surface area contributed by atoms with Gasteiger partial charge in [-0.1, -0.05) is 0 Å². The topological polar surface area (TPSA) is 102 Å². The minimum atomic E-state index is -3.97. The Morgan fingerprint density at radius 3 is 2.55 bits per heavy atom. The second-order valence-corrected chi connectivity index (χ2v) is 4.55. The van der Waals surface area contributed by atoms with Gasteiger partial charge in [-0.2, -0.15) is 8.78 Å². The summed E-state index contributed by atoms with van der Waals surface area (Å²) in [6, 6.07) is 0. The van der Waals surface area contributed by atoms with Crippen LogP contribution in [0.3, 0.4) is 0 Å². The SMILES string of the molecule is O=C1C=CN([C@@H]2O[C@@](CO)(CF)[C@@H](O)C2(F)F)C(O)N1. The van der Waals surface area contributed by atoms with Crippen molar-refractivity contribution in [1.29, 1.82) is 0 Å². The van der Waals surface area contributed by atoms with Crippen molar-refractivity contribution < 1.29 is 38.0 Å². The maximum Gasteiger partial charge on any atom is 0.320 e. The third-order valence-electron chi connectivity index (χ3n) is 3.25. The van der Waals surface area contributed by atoms with Crippen LogP contribution in [0.1, 0.15) is 0 Å². The van der Waals surface area contributed by atoms with Gasteiger partial charge in [-0.25, -0.2) is 4.39 Å². The summed E-state index contributed by atoms with van der Waals surface area (Å²) in [5.74, 6) is -4.68. The van der Waals surface area contributed by atoms with Crippen LogP contribution < -0.4 is 5.32 Å². The molecule has 2 aliphatic rings. The van der Waals surface area contributed by atoms with Crippen LogP contribution in [0.15, 0.2) is 12.3 Å². The number of hydrogen-bond donors (Lipinski definition) is 4. The van der Waals surface area contributed by atoms with E-state index in [4.69, 9.17) is 9.84 Å². The van der Waals surface area contributed by atoms with Crippen LogP contribution in [0, 0.1) is 0 Å². The standard InChI is InChI=1S/C10H13F3N2O5/c11-3-9(4-16)6(18)10(12,13)7(20-9)15-2-1-5(17)14-8(15)19/h1-2,6-8,16,18-19H,3-4H2,(H,14,17)/t6-,7-,8?,9-/m1/s1. The van der Waals surface area contributed by atoms with Crippen LogP contribution in [-0.2, 0) is 9.53 Å². The fourth-order valence-electron chi connectivity index (χ4n) is 2.07. The zero-order valence-electron chi connectivity index (χ0n) is 10.0. The zero-order valence-corrected chi connectivity index (χ0v) is 10.0. The van der Waals surface area contributed by atoms with Gasteiger partial charge in [0.1, 0.15) is 6.67 Å². The zero-order chi connectivity index (χ0) is 15.1. The monoisotopic (exact) mass is 298 g/mol. The Morgan fingerprint density at radius 2 is 2.10 bits per heavy atom. The molecule has 2 heterocycles. The lowest BCUT2D eigenvalue weighted by Gasteiger charge is -2.36. The van der Waals surface area contributed by atoms with E-state index in [1.165, 1.54) is 0 Å². The molecule has 4 N–H and O–H groups in total. The predicted octanol–water partition coefficient (Wildman–Crippen LogP) is -1.74. The van der Waals surface area contributed by atoms with Crippen LogP contribution in [0.4, 0.5) is 13.2 Å². The average molecular weight is 298 g/mol. The van der Waals surface area contributed by atoms with Gasteiger partial charge in [0.15, 0.2) is 11.7 Å². The van der Waals surface area contributed by atoms with E-state index in [0.717, 1.165) is 12.3 Å². The molecular weight excluding hydrogens is 285 g/mol. The first kappa shape index (κ1) is 15.0. The summed E-state index contributed by atoms with van der Waals surface area (Å²) >= 11 is 0. The molecule has 7 nitrogen and oxygen atoms in total. The Bertz CT molecular complexity index is 429. The van der Waals surface area contributed by atoms with Crippen molar-refractivity contribution in [3.63, 3.8) is 0 Å². The summed E-state index contributed by atoms with van der Waals surface area (Å²) in [5.41, 5.74) is -2.48. The second-order valence-electron chi connectivity index (χ2n) is 4.55. The number of halogens is 3. The van der Waals surface area contributed by atoms with Gasteiger partial charge < -0.3 is 30.3 Å². The maximum atomic E-state index is 14.0. The summed E-state index contributed by atoms with van der Waals surface area (Å²) in [6.07, 6.45) is -4.99. The molecule has 2 aliphatic heterocycles.